The summed E-state index contributed by atoms with van der Waals surface area (Å²) in [6.45, 7) is 3.39. The van der Waals surface area contributed by atoms with E-state index < -0.39 is 0 Å². The lowest BCUT2D eigenvalue weighted by Crippen LogP contribution is -2.26. The minimum atomic E-state index is 0.444. The molecule has 1 fully saturated rings. The van der Waals surface area contributed by atoms with Gasteiger partial charge in [0.1, 0.15) is 0 Å². The van der Waals surface area contributed by atoms with Crippen LogP contribution in [0.15, 0.2) is 12.1 Å². The molecule has 1 N–H and O–H groups in total. The molecule has 1 aromatic rings. The van der Waals surface area contributed by atoms with Gasteiger partial charge in [-0.3, -0.25) is 0 Å². The van der Waals surface area contributed by atoms with E-state index in [1.807, 2.05) is 6.07 Å². The topological polar surface area (TPSA) is 12.0 Å². The average molecular weight is 258 g/mol. The molecule has 1 heterocycles. The van der Waals surface area contributed by atoms with Gasteiger partial charge in [-0.1, -0.05) is 30.9 Å². The van der Waals surface area contributed by atoms with Crippen molar-refractivity contribution in [3.05, 3.63) is 21.3 Å². The summed E-state index contributed by atoms with van der Waals surface area (Å²) in [7, 11) is 0. The van der Waals surface area contributed by atoms with Crippen molar-refractivity contribution in [1.82, 2.24) is 5.32 Å². The maximum Gasteiger partial charge on any atom is 0.0931 e. The Morgan fingerprint density at radius 2 is 2.12 bits per heavy atom. The fraction of sp³-hybridized carbons (Fsp3) is 0.692. The fourth-order valence-corrected chi connectivity index (χ4v) is 3.48. The molecule has 2 rings (SSSR count). The number of rotatable bonds is 4. The van der Waals surface area contributed by atoms with Crippen LogP contribution in [0.1, 0.15) is 49.9 Å². The third-order valence-electron chi connectivity index (χ3n) is 3.46. The molecule has 1 aromatic heterocycles. The Balaban J connectivity index is 1.76. The zero-order valence-corrected chi connectivity index (χ0v) is 11.4. The minimum absolute atomic E-state index is 0.444. The molecule has 3 heteroatoms. The molecule has 1 unspecified atom stereocenters. The molecule has 1 aliphatic carbocycles. The second kappa shape index (κ2) is 6.04. The van der Waals surface area contributed by atoms with Crippen LogP contribution in [0.25, 0.3) is 0 Å². The highest BCUT2D eigenvalue weighted by atomic mass is 35.5. The number of hydrogen-bond donors (Lipinski definition) is 1. The van der Waals surface area contributed by atoms with Gasteiger partial charge in [0.05, 0.1) is 4.34 Å². The Hall–Kier alpha value is -0.0500. The van der Waals surface area contributed by atoms with Gasteiger partial charge in [0.15, 0.2) is 0 Å². The van der Waals surface area contributed by atoms with E-state index in [2.05, 4.69) is 18.3 Å². The highest BCUT2D eigenvalue weighted by Crippen LogP contribution is 2.28. The second-order valence-corrected chi connectivity index (χ2v) is 6.52. The summed E-state index contributed by atoms with van der Waals surface area (Å²) in [4.78, 5) is 1.35. The van der Waals surface area contributed by atoms with Crippen LogP contribution in [0.2, 0.25) is 4.34 Å². The Labute approximate surface area is 107 Å². The highest BCUT2D eigenvalue weighted by molar-refractivity contribution is 7.16. The molecule has 1 atom stereocenters. The van der Waals surface area contributed by atoms with Crippen LogP contribution in [0.4, 0.5) is 0 Å². The molecule has 1 saturated carbocycles. The molecule has 1 aliphatic rings. The van der Waals surface area contributed by atoms with Crippen LogP contribution in [-0.2, 0) is 0 Å². The lowest BCUT2D eigenvalue weighted by Gasteiger charge is -2.23. The number of hydrogen-bond acceptors (Lipinski definition) is 2. The summed E-state index contributed by atoms with van der Waals surface area (Å²) in [6.07, 6.45) is 7.10. The SMILES string of the molecule is CC(NCC1CCCCC1)c1ccc(Cl)s1. The molecular formula is C13H20ClNS. The smallest absolute Gasteiger partial charge is 0.0931 e. The Kier molecular flexibility index (Phi) is 4.68. The summed E-state index contributed by atoms with van der Waals surface area (Å²) in [6, 6.07) is 4.56. The Morgan fingerprint density at radius 1 is 1.38 bits per heavy atom. The molecule has 1 nitrogen and oxygen atoms in total. The number of nitrogens with one attached hydrogen (secondary N) is 1. The van der Waals surface area contributed by atoms with Crippen LogP contribution in [0, 0.1) is 5.92 Å². The van der Waals surface area contributed by atoms with E-state index in [0.717, 1.165) is 16.8 Å². The van der Waals surface area contributed by atoms with Gasteiger partial charge in [-0.15, -0.1) is 11.3 Å². The lowest BCUT2D eigenvalue weighted by molar-refractivity contribution is 0.332. The molecule has 0 aliphatic heterocycles. The van der Waals surface area contributed by atoms with Crippen molar-refractivity contribution in [2.24, 2.45) is 5.92 Å². The summed E-state index contributed by atoms with van der Waals surface area (Å²) < 4.78 is 0.890. The Morgan fingerprint density at radius 3 is 2.75 bits per heavy atom. The largest absolute Gasteiger partial charge is 0.309 e. The van der Waals surface area contributed by atoms with Gasteiger partial charge in [0, 0.05) is 10.9 Å². The first kappa shape index (κ1) is 12.4. The molecule has 0 spiro atoms. The van der Waals surface area contributed by atoms with E-state index in [1.54, 1.807) is 11.3 Å². The second-order valence-electron chi connectivity index (χ2n) is 4.78. The monoisotopic (exact) mass is 257 g/mol. The van der Waals surface area contributed by atoms with E-state index in [-0.39, 0.29) is 0 Å². The minimum Gasteiger partial charge on any atom is -0.309 e. The molecule has 90 valence electrons. The Bertz CT molecular complexity index is 317. The van der Waals surface area contributed by atoms with Gasteiger partial charge in [-0.2, -0.15) is 0 Å². The van der Waals surface area contributed by atoms with Crippen molar-refractivity contribution >= 4 is 22.9 Å². The lowest BCUT2D eigenvalue weighted by atomic mass is 9.89. The predicted octanol–water partition coefficient (Wildman–Crippen LogP) is 4.63. The quantitative estimate of drug-likeness (QED) is 0.829. The number of thiophene rings is 1. The van der Waals surface area contributed by atoms with Gasteiger partial charge < -0.3 is 5.32 Å². The van der Waals surface area contributed by atoms with Gasteiger partial charge >= 0.3 is 0 Å². The molecule has 0 radical (unpaired) electrons. The van der Waals surface area contributed by atoms with Crippen LogP contribution in [0.5, 0.6) is 0 Å². The number of halogens is 1. The van der Waals surface area contributed by atoms with Crippen molar-refractivity contribution in [2.45, 2.75) is 45.1 Å². The van der Waals surface area contributed by atoms with Crippen LogP contribution in [-0.4, -0.2) is 6.54 Å². The van der Waals surface area contributed by atoms with Crippen LogP contribution < -0.4 is 5.32 Å². The fourth-order valence-electron chi connectivity index (χ4n) is 2.40. The predicted molar refractivity (Wildman–Crippen MR) is 72.3 cm³/mol. The first-order chi connectivity index (χ1) is 7.75. The van der Waals surface area contributed by atoms with E-state index in [0.29, 0.717) is 6.04 Å². The summed E-state index contributed by atoms with van der Waals surface area (Å²) in [5.41, 5.74) is 0. The zero-order chi connectivity index (χ0) is 11.4. The van der Waals surface area contributed by atoms with Crippen molar-refractivity contribution in [3.63, 3.8) is 0 Å². The van der Waals surface area contributed by atoms with Gasteiger partial charge in [0.25, 0.3) is 0 Å². The molecule has 16 heavy (non-hydrogen) atoms. The maximum atomic E-state index is 5.94. The third-order valence-corrected chi connectivity index (χ3v) is 4.87. The molecular weight excluding hydrogens is 238 g/mol. The van der Waals surface area contributed by atoms with Crippen LogP contribution >= 0.6 is 22.9 Å². The van der Waals surface area contributed by atoms with Gasteiger partial charge in [-0.05, 0) is 44.4 Å². The highest BCUT2D eigenvalue weighted by Gasteiger charge is 2.15. The van der Waals surface area contributed by atoms with Crippen molar-refractivity contribution in [2.75, 3.05) is 6.54 Å². The van der Waals surface area contributed by atoms with Crippen molar-refractivity contribution in [1.29, 1.82) is 0 Å². The van der Waals surface area contributed by atoms with E-state index in [1.165, 1.54) is 37.0 Å². The van der Waals surface area contributed by atoms with E-state index in [9.17, 15) is 0 Å². The van der Waals surface area contributed by atoms with E-state index in [4.69, 9.17) is 11.6 Å². The third kappa shape index (κ3) is 3.47. The first-order valence-electron chi connectivity index (χ1n) is 6.24. The average Bonchev–Trinajstić information content (AvgIpc) is 2.74. The molecule has 0 aromatic carbocycles. The van der Waals surface area contributed by atoms with Crippen molar-refractivity contribution in [3.8, 4) is 0 Å². The maximum absolute atomic E-state index is 5.94. The normalized spacial score (nSPS) is 19.9. The molecule has 0 amide bonds. The van der Waals surface area contributed by atoms with Crippen LogP contribution in [0.3, 0.4) is 0 Å². The summed E-state index contributed by atoms with van der Waals surface area (Å²) in [5, 5.41) is 3.63. The zero-order valence-electron chi connectivity index (χ0n) is 9.84. The molecule has 0 saturated heterocycles. The van der Waals surface area contributed by atoms with Gasteiger partial charge in [0.2, 0.25) is 0 Å². The summed E-state index contributed by atoms with van der Waals surface area (Å²) in [5.74, 6) is 0.895. The standard InChI is InChI=1S/C13H20ClNS/c1-10(12-7-8-13(14)16-12)15-9-11-5-3-2-4-6-11/h7-8,10-11,15H,2-6,9H2,1H3. The first-order valence-corrected chi connectivity index (χ1v) is 7.44. The van der Waals surface area contributed by atoms with Gasteiger partial charge in [-0.25, -0.2) is 0 Å². The van der Waals surface area contributed by atoms with Crippen molar-refractivity contribution < 1.29 is 0 Å². The molecule has 0 bridgehead atoms. The summed E-state index contributed by atoms with van der Waals surface area (Å²) >= 11 is 7.63. The van der Waals surface area contributed by atoms with E-state index >= 15 is 0 Å².